The summed E-state index contributed by atoms with van der Waals surface area (Å²) in [6.45, 7) is 12.8. The van der Waals surface area contributed by atoms with Gasteiger partial charge in [0.2, 0.25) is 11.8 Å². The number of hydrogen-bond acceptors (Lipinski definition) is 5. The molecule has 11 atom stereocenters. The second-order valence-corrected chi connectivity index (χ2v) is 15.7. The Morgan fingerprint density at radius 3 is 2.64 bits per heavy atom. The number of rotatable bonds is 5. The highest BCUT2D eigenvalue weighted by molar-refractivity contribution is 5.78. The van der Waals surface area contributed by atoms with Gasteiger partial charge in [-0.3, -0.25) is 9.59 Å². The van der Waals surface area contributed by atoms with Crippen molar-refractivity contribution in [3.8, 4) is 0 Å². The molecule has 11 unspecified atom stereocenters. The maximum atomic E-state index is 12.7. The molecule has 7 heteroatoms. The van der Waals surface area contributed by atoms with E-state index in [1.807, 2.05) is 18.7 Å². The highest BCUT2D eigenvalue weighted by atomic mass is 16.7. The van der Waals surface area contributed by atoms with Crippen molar-refractivity contribution in [2.45, 2.75) is 123 Å². The van der Waals surface area contributed by atoms with Crippen LogP contribution in [0.15, 0.2) is 11.6 Å². The third-order valence-corrected chi connectivity index (χ3v) is 13.7. The first-order chi connectivity index (χ1) is 20.1. The van der Waals surface area contributed by atoms with Gasteiger partial charge < -0.3 is 24.4 Å². The van der Waals surface area contributed by atoms with E-state index in [9.17, 15) is 9.59 Å². The first-order valence-electron chi connectivity index (χ1n) is 17.2. The SMILES string of the molecule is C/C=C1/C(OC2CN(C(=O)C(C)C)CCO2)CCC23CC24CCC2(C)C5CCC(CNC(C)=O)OC5CC2C4CCC13. The van der Waals surface area contributed by atoms with E-state index in [0.717, 1.165) is 24.7 Å². The number of allylic oxidation sites excluding steroid dienone is 1. The van der Waals surface area contributed by atoms with Gasteiger partial charge in [-0.25, -0.2) is 0 Å². The number of ether oxygens (including phenoxy) is 3. The van der Waals surface area contributed by atoms with Crippen LogP contribution in [-0.4, -0.2) is 67.6 Å². The maximum Gasteiger partial charge on any atom is 0.225 e. The molecule has 7 fully saturated rings. The van der Waals surface area contributed by atoms with E-state index in [-0.39, 0.29) is 36.2 Å². The van der Waals surface area contributed by atoms with Gasteiger partial charge in [-0.1, -0.05) is 26.8 Å². The molecule has 0 radical (unpaired) electrons. The van der Waals surface area contributed by atoms with Gasteiger partial charge in [0, 0.05) is 25.9 Å². The molecule has 2 saturated heterocycles. The fourth-order valence-corrected chi connectivity index (χ4v) is 11.9. The van der Waals surface area contributed by atoms with E-state index in [2.05, 4.69) is 25.2 Å². The Labute approximate surface area is 252 Å². The zero-order valence-corrected chi connectivity index (χ0v) is 26.7. The van der Waals surface area contributed by atoms with Crippen molar-refractivity contribution in [1.29, 1.82) is 0 Å². The van der Waals surface area contributed by atoms with E-state index in [0.29, 0.717) is 60.4 Å². The Morgan fingerprint density at radius 1 is 1.07 bits per heavy atom. The van der Waals surface area contributed by atoms with Crippen molar-refractivity contribution < 1.29 is 23.8 Å². The summed E-state index contributed by atoms with van der Waals surface area (Å²) < 4.78 is 19.5. The maximum absolute atomic E-state index is 12.7. The molecule has 42 heavy (non-hydrogen) atoms. The van der Waals surface area contributed by atoms with Crippen molar-refractivity contribution in [1.82, 2.24) is 10.2 Å². The van der Waals surface area contributed by atoms with E-state index in [4.69, 9.17) is 14.2 Å². The van der Waals surface area contributed by atoms with E-state index >= 15 is 0 Å². The lowest BCUT2D eigenvalue weighted by Crippen LogP contribution is -2.52. The van der Waals surface area contributed by atoms with Crippen LogP contribution in [0, 0.1) is 45.8 Å². The van der Waals surface area contributed by atoms with Crippen molar-refractivity contribution >= 4 is 11.8 Å². The molecule has 5 saturated carbocycles. The summed E-state index contributed by atoms with van der Waals surface area (Å²) in [5, 5.41) is 3.00. The molecule has 2 aliphatic heterocycles. The van der Waals surface area contributed by atoms with E-state index in [1.165, 1.54) is 56.9 Å². The summed E-state index contributed by atoms with van der Waals surface area (Å²) in [5.74, 6) is 3.13. The average Bonchev–Trinajstić information content (AvgIpc) is 3.55. The lowest BCUT2D eigenvalue weighted by molar-refractivity contribution is -0.205. The summed E-state index contributed by atoms with van der Waals surface area (Å²) in [7, 11) is 0. The summed E-state index contributed by atoms with van der Waals surface area (Å²) in [6.07, 6.45) is 15.3. The molecule has 7 nitrogen and oxygen atoms in total. The van der Waals surface area contributed by atoms with Gasteiger partial charge in [0.25, 0.3) is 0 Å². The summed E-state index contributed by atoms with van der Waals surface area (Å²) in [5.41, 5.74) is 2.88. The van der Waals surface area contributed by atoms with Crippen LogP contribution < -0.4 is 5.32 Å². The van der Waals surface area contributed by atoms with Crippen LogP contribution in [0.3, 0.4) is 0 Å². The zero-order chi connectivity index (χ0) is 29.4. The molecule has 2 heterocycles. The fourth-order valence-electron chi connectivity index (χ4n) is 11.9. The number of fused-ring (bicyclic) bond motifs is 4. The molecular weight excluding hydrogens is 528 g/mol. The van der Waals surface area contributed by atoms with Crippen LogP contribution in [0.25, 0.3) is 0 Å². The summed E-state index contributed by atoms with van der Waals surface area (Å²) in [6, 6.07) is 0. The van der Waals surface area contributed by atoms with Crippen LogP contribution in [0.4, 0.5) is 0 Å². The first-order valence-corrected chi connectivity index (χ1v) is 17.2. The lowest BCUT2D eigenvalue weighted by atomic mass is 9.49. The van der Waals surface area contributed by atoms with Gasteiger partial charge in [-0.15, -0.1) is 0 Å². The molecular formula is C35H54N2O5. The van der Waals surface area contributed by atoms with Crippen molar-refractivity contribution in [3.05, 3.63) is 11.6 Å². The van der Waals surface area contributed by atoms with Gasteiger partial charge in [0.15, 0.2) is 6.29 Å². The van der Waals surface area contributed by atoms with Crippen molar-refractivity contribution in [3.63, 3.8) is 0 Å². The highest BCUT2D eigenvalue weighted by Crippen LogP contribution is 2.86. The third-order valence-electron chi connectivity index (χ3n) is 13.7. The van der Waals surface area contributed by atoms with E-state index < -0.39 is 0 Å². The highest BCUT2D eigenvalue weighted by Gasteiger charge is 2.79. The second kappa shape index (κ2) is 10.6. The Bertz CT molecular complexity index is 1120. The third kappa shape index (κ3) is 4.37. The second-order valence-electron chi connectivity index (χ2n) is 15.7. The molecule has 2 amide bonds. The summed E-state index contributed by atoms with van der Waals surface area (Å²) in [4.78, 5) is 26.1. The predicted octanol–water partition coefficient (Wildman–Crippen LogP) is 5.48. The molecule has 0 bridgehead atoms. The standard InChI is InChI=1S/C35H54N2O5/c1-6-24-25-9-10-26-28-17-30-27(8-7-23(41-30)18-36-22(4)38)33(28,5)13-14-35(26)20-34(25,35)12-11-29(24)42-31-19-37(15-16-40-31)32(39)21(2)3/h6,21,23,25-31H,7-20H2,1-5H3,(H,36,38)/b24-6+. The number of nitrogens with zero attached hydrogens (tertiary/aromatic N) is 1. The van der Waals surface area contributed by atoms with Gasteiger partial charge >= 0.3 is 0 Å². The van der Waals surface area contributed by atoms with Crippen molar-refractivity contribution in [2.24, 2.45) is 45.8 Å². The lowest BCUT2D eigenvalue weighted by Gasteiger charge is -2.56. The molecule has 0 aromatic carbocycles. The number of morpholine rings is 1. The first kappa shape index (κ1) is 29.3. The number of amides is 2. The molecule has 7 aliphatic rings. The number of nitrogens with one attached hydrogen (secondary N) is 1. The van der Waals surface area contributed by atoms with Crippen LogP contribution in [0.2, 0.25) is 0 Å². The normalized spacial score (nSPS) is 48.5. The minimum absolute atomic E-state index is 0.00326. The van der Waals surface area contributed by atoms with Crippen LogP contribution in [-0.2, 0) is 23.8 Å². The Morgan fingerprint density at radius 2 is 1.88 bits per heavy atom. The molecule has 5 aliphatic carbocycles. The van der Waals surface area contributed by atoms with Gasteiger partial charge in [-0.05, 0) is 117 Å². The number of carbonyl (C=O) groups is 2. The quantitative estimate of drug-likeness (QED) is 0.435. The van der Waals surface area contributed by atoms with Gasteiger partial charge in [0.1, 0.15) is 0 Å². The minimum atomic E-state index is -0.327. The smallest absolute Gasteiger partial charge is 0.225 e. The monoisotopic (exact) mass is 582 g/mol. The Hall–Kier alpha value is -1.44. The van der Waals surface area contributed by atoms with Gasteiger partial charge in [0.05, 0.1) is 31.5 Å². The Kier molecular flexibility index (Phi) is 7.38. The molecule has 2 spiro atoms. The summed E-state index contributed by atoms with van der Waals surface area (Å²) >= 11 is 0. The molecule has 1 N–H and O–H groups in total. The number of hydrogen-bond donors (Lipinski definition) is 1. The van der Waals surface area contributed by atoms with Crippen LogP contribution in [0.5, 0.6) is 0 Å². The minimum Gasteiger partial charge on any atom is -0.373 e. The van der Waals surface area contributed by atoms with Crippen molar-refractivity contribution in [2.75, 3.05) is 26.2 Å². The average molecular weight is 583 g/mol. The largest absolute Gasteiger partial charge is 0.373 e. The zero-order valence-electron chi connectivity index (χ0n) is 26.7. The topological polar surface area (TPSA) is 77.1 Å². The van der Waals surface area contributed by atoms with Gasteiger partial charge in [-0.2, -0.15) is 0 Å². The van der Waals surface area contributed by atoms with E-state index in [1.54, 1.807) is 6.92 Å². The van der Waals surface area contributed by atoms with Crippen LogP contribution >= 0.6 is 0 Å². The fraction of sp³-hybridized carbons (Fsp3) is 0.886. The van der Waals surface area contributed by atoms with Crippen LogP contribution in [0.1, 0.15) is 98.8 Å². The molecule has 7 rings (SSSR count). The predicted molar refractivity (Wildman–Crippen MR) is 160 cm³/mol. The molecule has 0 aromatic heterocycles. The molecule has 234 valence electrons. The number of carbonyl (C=O) groups excluding carboxylic acids is 2. The Balaban J connectivity index is 1.04. The molecule has 0 aromatic rings.